The second kappa shape index (κ2) is 5.87. The zero-order valence-corrected chi connectivity index (χ0v) is 15.3. The van der Waals surface area contributed by atoms with Crippen molar-refractivity contribution in [3.8, 4) is 5.75 Å². The molecule has 0 radical (unpaired) electrons. The van der Waals surface area contributed by atoms with Crippen molar-refractivity contribution in [2.75, 3.05) is 7.11 Å². The summed E-state index contributed by atoms with van der Waals surface area (Å²) in [7, 11) is 1.70. The lowest BCUT2D eigenvalue weighted by atomic mass is 9.65. The summed E-state index contributed by atoms with van der Waals surface area (Å²) in [5, 5.41) is 0. The number of rotatable bonds is 4. The van der Waals surface area contributed by atoms with E-state index >= 15 is 0 Å². The highest BCUT2D eigenvalue weighted by atomic mass is 127. The predicted octanol–water partition coefficient (Wildman–Crippen LogP) is 4.05. The number of aryl methyl sites for hydroxylation is 2. The number of methoxy groups -OCH3 is 1. The first-order valence-corrected chi connectivity index (χ1v) is 8.77. The van der Waals surface area contributed by atoms with Crippen LogP contribution in [0.5, 0.6) is 5.75 Å². The maximum absolute atomic E-state index is 12.4. The highest BCUT2D eigenvalue weighted by molar-refractivity contribution is 14.1. The van der Waals surface area contributed by atoms with E-state index in [2.05, 4.69) is 53.8 Å². The van der Waals surface area contributed by atoms with E-state index < -0.39 is 5.41 Å². The number of hydrogen-bond acceptors (Lipinski definition) is 3. The van der Waals surface area contributed by atoms with Crippen molar-refractivity contribution in [2.45, 2.75) is 39.2 Å². The van der Waals surface area contributed by atoms with E-state index in [-0.39, 0.29) is 12.1 Å². The van der Waals surface area contributed by atoms with Gasteiger partial charge in [-0.3, -0.25) is 4.79 Å². The van der Waals surface area contributed by atoms with E-state index in [0.29, 0.717) is 5.92 Å². The molecule has 1 aromatic rings. The van der Waals surface area contributed by atoms with E-state index in [0.717, 1.165) is 30.6 Å². The summed E-state index contributed by atoms with van der Waals surface area (Å²) in [5.74, 6) is 1.20. The largest absolute Gasteiger partial charge is 0.496 e. The first kappa shape index (κ1) is 15.8. The van der Waals surface area contributed by atoms with Gasteiger partial charge in [-0.1, -0.05) is 13.0 Å². The molecule has 118 valence electrons. The summed E-state index contributed by atoms with van der Waals surface area (Å²) < 4.78 is 12.1. The molecule has 3 aliphatic rings. The van der Waals surface area contributed by atoms with Gasteiger partial charge < -0.3 is 9.47 Å². The van der Waals surface area contributed by atoms with Crippen molar-refractivity contribution in [1.29, 1.82) is 0 Å². The Labute approximate surface area is 145 Å². The average molecular weight is 412 g/mol. The average Bonchev–Trinajstić information content (AvgIpc) is 2.47. The number of carbonyl (C=O) groups is 1. The molecule has 4 heteroatoms. The molecule has 1 aromatic carbocycles. The molecule has 0 amide bonds. The molecular weight excluding hydrogens is 391 g/mol. The van der Waals surface area contributed by atoms with Crippen molar-refractivity contribution < 1.29 is 14.3 Å². The number of halogens is 1. The minimum absolute atomic E-state index is 0.0102. The fraction of sp³-hybridized carbons (Fsp3) is 0.500. The summed E-state index contributed by atoms with van der Waals surface area (Å²) in [6.45, 7) is 4.21. The van der Waals surface area contributed by atoms with E-state index in [4.69, 9.17) is 9.47 Å². The molecule has 2 heterocycles. The van der Waals surface area contributed by atoms with Crippen LogP contribution in [0.25, 0.3) is 0 Å². The van der Waals surface area contributed by atoms with Gasteiger partial charge in [0.1, 0.15) is 11.9 Å². The van der Waals surface area contributed by atoms with Gasteiger partial charge in [0.2, 0.25) is 0 Å². The van der Waals surface area contributed by atoms with Gasteiger partial charge >= 0.3 is 5.97 Å². The second-order valence-electron chi connectivity index (χ2n) is 6.39. The quantitative estimate of drug-likeness (QED) is 0.425. The normalized spacial score (nSPS) is 29.5. The third kappa shape index (κ3) is 2.55. The maximum atomic E-state index is 12.4. The first-order valence-electron chi connectivity index (χ1n) is 7.69. The Morgan fingerprint density at radius 3 is 2.86 bits per heavy atom. The Balaban J connectivity index is 1.84. The molecule has 3 nitrogen and oxygen atoms in total. The van der Waals surface area contributed by atoms with Crippen LogP contribution in [0.1, 0.15) is 30.9 Å². The zero-order chi connectivity index (χ0) is 15.9. The van der Waals surface area contributed by atoms with Crippen molar-refractivity contribution in [2.24, 2.45) is 11.3 Å². The summed E-state index contributed by atoms with van der Waals surface area (Å²) in [4.78, 5) is 12.4. The fourth-order valence-electron chi connectivity index (χ4n) is 3.56. The molecule has 2 bridgehead atoms. The smallest absolute Gasteiger partial charge is 0.316 e. The Morgan fingerprint density at radius 1 is 1.45 bits per heavy atom. The summed E-state index contributed by atoms with van der Waals surface area (Å²) in [5.41, 5.74) is 1.92. The molecule has 4 rings (SSSR count). The Bertz CT molecular complexity index is 637. The van der Waals surface area contributed by atoms with Gasteiger partial charge in [0.05, 0.1) is 12.5 Å². The molecule has 0 aromatic heterocycles. The Kier molecular flexibility index (Phi) is 4.23. The molecule has 1 fully saturated rings. The molecule has 2 unspecified atom stereocenters. The number of carbonyl (C=O) groups excluding carboxylic acids is 1. The minimum atomic E-state index is -0.448. The molecule has 0 N–H and O–H groups in total. The number of fused-ring (bicyclic) bond motifs is 2. The molecular formula is C18H21IO3. The minimum Gasteiger partial charge on any atom is -0.496 e. The van der Waals surface area contributed by atoms with Gasteiger partial charge in [-0.2, -0.15) is 0 Å². The molecule has 1 aliphatic carbocycles. The molecule has 3 atom stereocenters. The zero-order valence-electron chi connectivity index (χ0n) is 13.2. The second-order valence-corrected chi connectivity index (χ2v) is 7.56. The van der Waals surface area contributed by atoms with Gasteiger partial charge in [0, 0.05) is 3.57 Å². The highest BCUT2D eigenvalue weighted by Gasteiger charge is 2.50. The predicted molar refractivity (Wildman–Crippen MR) is 94.0 cm³/mol. The van der Waals surface area contributed by atoms with Crippen LogP contribution in [0.4, 0.5) is 0 Å². The van der Waals surface area contributed by atoms with Crippen LogP contribution in [-0.2, 0) is 16.0 Å². The van der Waals surface area contributed by atoms with Crippen LogP contribution in [-0.4, -0.2) is 19.2 Å². The van der Waals surface area contributed by atoms with Crippen LogP contribution in [0.15, 0.2) is 24.3 Å². The molecule has 2 aliphatic heterocycles. The van der Waals surface area contributed by atoms with Crippen molar-refractivity contribution in [1.82, 2.24) is 0 Å². The lowest BCUT2D eigenvalue weighted by Crippen LogP contribution is -2.49. The van der Waals surface area contributed by atoms with Crippen molar-refractivity contribution >= 4 is 28.6 Å². The van der Waals surface area contributed by atoms with Gasteiger partial charge in [-0.25, -0.2) is 0 Å². The van der Waals surface area contributed by atoms with E-state index in [1.54, 1.807) is 7.11 Å². The number of esters is 1. The summed E-state index contributed by atoms with van der Waals surface area (Å²) in [6.07, 6.45) is 6.72. The van der Waals surface area contributed by atoms with E-state index in [1.807, 2.05) is 6.92 Å². The van der Waals surface area contributed by atoms with Crippen LogP contribution >= 0.6 is 22.6 Å². The lowest BCUT2D eigenvalue weighted by Gasteiger charge is -2.45. The van der Waals surface area contributed by atoms with Crippen LogP contribution < -0.4 is 4.74 Å². The van der Waals surface area contributed by atoms with Crippen molar-refractivity contribution in [3.63, 3.8) is 0 Å². The first-order chi connectivity index (χ1) is 10.5. The van der Waals surface area contributed by atoms with Crippen LogP contribution in [0.2, 0.25) is 0 Å². The Morgan fingerprint density at radius 2 is 2.23 bits per heavy atom. The number of ether oxygens (including phenoxy) is 2. The molecule has 0 spiro atoms. The topological polar surface area (TPSA) is 35.5 Å². The van der Waals surface area contributed by atoms with E-state index in [1.165, 1.54) is 9.13 Å². The third-order valence-corrected chi connectivity index (χ3v) is 6.09. The van der Waals surface area contributed by atoms with Crippen LogP contribution in [0, 0.1) is 21.8 Å². The maximum Gasteiger partial charge on any atom is 0.316 e. The monoisotopic (exact) mass is 412 g/mol. The van der Waals surface area contributed by atoms with Crippen molar-refractivity contribution in [3.05, 3.63) is 39.0 Å². The van der Waals surface area contributed by atoms with Gasteiger partial charge in [-0.05, 0) is 84.0 Å². The summed E-state index contributed by atoms with van der Waals surface area (Å²) in [6, 6.07) is 4.24. The highest BCUT2D eigenvalue weighted by Crippen LogP contribution is 2.47. The number of hydrogen-bond donors (Lipinski definition) is 0. The van der Waals surface area contributed by atoms with Gasteiger partial charge in [-0.15, -0.1) is 0 Å². The molecule has 1 saturated heterocycles. The lowest BCUT2D eigenvalue weighted by molar-refractivity contribution is -0.171. The Hall–Kier alpha value is -1.04. The standard InChI is InChI=1S/C18H21IO3/c1-11-8-15(19)13(10-16(11)21-3)4-6-18-7-5-14(9-12(18)2)22-17(18)20/h5,7-8,10,12,14H,4,6,9H2,1-3H3/t12-,14?,18?/m0/s1. The SMILES string of the molecule is COc1cc(CCC23C=CC(C[C@@H]2C)OC3=O)c(I)cc1C. The van der Waals surface area contributed by atoms with Gasteiger partial charge in [0.25, 0.3) is 0 Å². The summed E-state index contributed by atoms with van der Waals surface area (Å²) >= 11 is 2.36. The van der Waals surface area contributed by atoms with Gasteiger partial charge in [0.15, 0.2) is 0 Å². The number of benzene rings is 1. The molecule has 0 saturated carbocycles. The fourth-order valence-corrected chi connectivity index (χ4v) is 4.46. The van der Waals surface area contributed by atoms with Crippen LogP contribution in [0.3, 0.4) is 0 Å². The third-order valence-electron chi connectivity index (χ3n) is 5.08. The molecule has 22 heavy (non-hydrogen) atoms. The van der Waals surface area contributed by atoms with E-state index in [9.17, 15) is 4.79 Å².